The van der Waals surface area contributed by atoms with Crippen molar-refractivity contribution in [3.8, 4) is 0 Å². The van der Waals surface area contributed by atoms with Crippen molar-refractivity contribution in [3.63, 3.8) is 0 Å². The molecule has 0 spiro atoms. The maximum absolute atomic E-state index is 13.0. The molecular weight excluding hydrogens is 393 g/mol. The average molecular weight is 413 g/mol. The van der Waals surface area contributed by atoms with Gasteiger partial charge in [0.15, 0.2) is 0 Å². The van der Waals surface area contributed by atoms with Gasteiger partial charge in [-0.3, -0.25) is 4.79 Å². The smallest absolute Gasteiger partial charge is 0.376 e. The van der Waals surface area contributed by atoms with Crippen LogP contribution in [0.1, 0.15) is 26.1 Å². The van der Waals surface area contributed by atoms with E-state index in [4.69, 9.17) is 0 Å². The van der Waals surface area contributed by atoms with Gasteiger partial charge in [-0.15, -0.1) is 23.5 Å². The predicted octanol–water partition coefficient (Wildman–Crippen LogP) is 5.50. The van der Waals surface area contributed by atoms with Crippen LogP contribution >= 0.6 is 23.5 Å². The van der Waals surface area contributed by atoms with Crippen LogP contribution < -0.4 is 10.2 Å². The summed E-state index contributed by atoms with van der Waals surface area (Å²) in [4.78, 5) is 14.2. The first-order valence-electron chi connectivity index (χ1n) is 8.29. The summed E-state index contributed by atoms with van der Waals surface area (Å²) >= 11 is 3.74. The molecule has 0 saturated carbocycles. The van der Waals surface area contributed by atoms with Gasteiger partial charge in [0, 0.05) is 31.2 Å². The Morgan fingerprint density at radius 1 is 1.07 bits per heavy atom. The molecule has 0 unspecified atom stereocenters. The molecule has 1 aliphatic heterocycles. The number of hydrogen-bond acceptors (Lipinski definition) is 4. The zero-order valence-corrected chi connectivity index (χ0v) is 16.5. The van der Waals surface area contributed by atoms with E-state index < -0.39 is 17.6 Å². The highest BCUT2D eigenvalue weighted by molar-refractivity contribution is 8.19. The van der Waals surface area contributed by atoms with Gasteiger partial charge in [0.2, 0.25) is 0 Å². The summed E-state index contributed by atoms with van der Waals surface area (Å²) in [5.74, 6) is 1.79. The van der Waals surface area contributed by atoms with Gasteiger partial charge >= 0.3 is 6.18 Å². The molecule has 2 aromatic carbocycles. The van der Waals surface area contributed by atoms with Crippen LogP contribution in [-0.4, -0.2) is 31.5 Å². The molecule has 8 heteroatoms. The lowest BCUT2D eigenvalue weighted by Gasteiger charge is -2.20. The Hall–Kier alpha value is -1.80. The van der Waals surface area contributed by atoms with Crippen LogP contribution in [0.5, 0.6) is 0 Å². The Morgan fingerprint density at radius 2 is 1.70 bits per heavy atom. The summed E-state index contributed by atoms with van der Waals surface area (Å²) in [5.41, 5.74) is 1.40. The van der Waals surface area contributed by atoms with E-state index in [-0.39, 0.29) is 5.69 Å². The second kappa shape index (κ2) is 8.06. The van der Waals surface area contributed by atoms with Crippen molar-refractivity contribution >= 4 is 40.8 Å². The van der Waals surface area contributed by atoms with Crippen LogP contribution in [0.25, 0.3) is 0 Å². The number of carbonyl (C=O) groups excluding carboxylic acids is 1. The molecule has 0 atom stereocenters. The molecule has 1 N–H and O–H groups in total. The van der Waals surface area contributed by atoms with Gasteiger partial charge < -0.3 is 10.2 Å². The number of amides is 1. The fraction of sp³-hybridized carbons (Fsp3) is 0.316. The van der Waals surface area contributed by atoms with Crippen molar-refractivity contribution in [1.82, 2.24) is 0 Å². The molecule has 27 heavy (non-hydrogen) atoms. The molecule has 1 heterocycles. The second-order valence-electron chi connectivity index (χ2n) is 6.27. The van der Waals surface area contributed by atoms with Crippen LogP contribution in [0, 0.1) is 0 Å². The van der Waals surface area contributed by atoms with Gasteiger partial charge in [-0.2, -0.15) is 13.2 Å². The standard InChI is InChI=1S/C19H19F3N2OS2/c1-24(2)16-8-7-14(19(20,21)22)11-15(16)23-17(25)12-3-5-13(6-4-12)18-26-9-10-27-18/h3-8,11,18H,9-10H2,1-2H3,(H,23,25). The number of carbonyl (C=O) groups is 1. The van der Waals surface area contributed by atoms with Gasteiger partial charge in [-0.1, -0.05) is 12.1 Å². The van der Waals surface area contributed by atoms with Crippen molar-refractivity contribution in [1.29, 1.82) is 0 Å². The molecule has 0 bridgehead atoms. The maximum Gasteiger partial charge on any atom is 0.416 e. The van der Waals surface area contributed by atoms with Gasteiger partial charge in [-0.25, -0.2) is 0 Å². The lowest BCUT2D eigenvalue weighted by Crippen LogP contribution is -2.18. The second-order valence-corrected chi connectivity index (χ2v) is 9.00. The van der Waals surface area contributed by atoms with E-state index in [1.54, 1.807) is 31.1 Å². The van der Waals surface area contributed by atoms with E-state index in [1.807, 2.05) is 35.7 Å². The molecule has 3 rings (SSSR count). The lowest BCUT2D eigenvalue weighted by atomic mass is 10.1. The Kier molecular flexibility index (Phi) is 5.95. The van der Waals surface area contributed by atoms with Gasteiger partial charge in [-0.05, 0) is 35.9 Å². The summed E-state index contributed by atoms with van der Waals surface area (Å²) in [7, 11) is 3.42. The Morgan fingerprint density at radius 3 is 2.26 bits per heavy atom. The molecule has 0 aromatic heterocycles. The average Bonchev–Trinajstić information content (AvgIpc) is 3.15. The highest BCUT2D eigenvalue weighted by Crippen LogP contribution is 2.45. The number of benzene rings is 2. The van der Waals surface area contributed by atoms with Crippen LogP contribution in [0.2, 0.25) is 0 Å². The molecule has 1 amide bonds. The molecule has 1 fully saturated rings. The van der Waals surface area contributed by atoms with Gasteiger partial charge in [0.1, 0.15) is 0 Å². The number of nitrogens with one attached hydrogen (secondary N) is 1. The zero-order valence-electron chi connectivity index (χ0n) is 14.8. The normalized spacial score (nSPS) is 15.0. The maximum atomic E-state index is 13.0. The number of halogens is 3. The monoisotopic (exact) mass is 412 g/mol. The summed E-state index contributed by atoms with van der Waals surface area (Å²) in [6, 6.07) is 10.6. The summed E-state index contributed by atoms with van der Waals surface area (Å²) < 4.78 is 39.4. The number of rotatable bonds is 4. The first kappa shape index (κ1) is 19.9. The molecule has 0 radical (unpaired) electrons. The zero-order chi connectivity index (χ0) is 19.6. The van der Waals surface area contributed by atoms with Crippen LogP contribution in [-0.2, 0) is 6.18 Å². The number of anilines is 2. The third-order valence-electron chi connectivity index (χ3n) is 4.12. The van der Waals surface area contributed by atoms with E-state index in [0.29, 0.717) is 15.8 Å². The van der Waals surface area contributed by atoms with Gasteiger partial charge in [0.25, 0.3) is 5.91 Å². The highest BCUT2D eigenvalue weighted by Gasteiger charge is 2.31. The van der Waals surface area contributed by atoms with E-state index in [2.05, 4.69) is 5.32 Å². The first-order valence-corrected chi connectivity index (χ1v) is 10.4. The molecular formula is C19H19F3N2OS2. The van der Waals surface area contributed by atoms with Crippen molar-refractivity contribution < 1.29 is 18.0 Å². The molecule has 1 saturated heterocycles. The largest absolute Gasteiger partial charge is 0.416 e. The number of alkyl halides is 3. The van der Waals surface area contributed by atoms with Crippen molar-refractivity contribution in [2.45, 2.75) is 10.8 Å². The Balaban J connectivity index is 1.82. The minimum atomic E-state index is -4.47. The van der Waals surface area contributed by atoms with Crippen LogP contribution in [0.15, 0.2) is 42.5 Å². The first-order chi connectivity index (χ1) is 12.8. The van der Waals surface area contributed by atoms with E-state index in [1.165, 1.54) is 6.07 Å². The number of hydrogen-bond donors (Lipinski definition) is 1. The SMILES string of the molecule is CN(C)c1ccc(C(F)(F)F)cc1NC(=O)c1ccc(C2SCCS2)cc1. The topological polar surface area (TPSA) is 32.3 Å². The third-order valence-corrected chi connectivity index (χ3v) is 7.23. The lowest BCUT2D eigenvalue weighted by molar-refractivity contribution is -0.137. The summed E-state index contributed by atoms with van der Waals surface area (Å²) in [6.45, 7) is 0. The molecule has 2 aromatic rings. The van der Waals surface area contributed by atoms with E-state index >= 15 is 0 Å². The van der Waals surface area contributed by atoms with Crippen LogP contribution in [0.3, 0.4) is 0 Å². The Bertz CT molecular complexity index is 817. The minimum absolute atomic E-state index is 0.130. The van der Waals surface area contributed by atoms with Gasteiger partial charge in [0.05, 0.1) is 21.5 Å². The van der Waals surface area contributed by atoms with Crippen molar-refractivity contribution in [3.05, 3.63) is 59.2 Å². The summed E-state index contributed by atoms with van der Waals surface area (Å²) in [6.07, 6.45) is -4.47. The minimum Gasteiger partial charge on any atom is -0.376 e. The molecule has 0 aliphatic carbocycles. The fourth-order valence-electron chi connectivity index (χ4n) is 2.74. The third kappa shape index (κ3) is 4.73. The van der Waals surface area contributed by atoms with Crippen molar-refractivity contribution in [2.75, 3.05) is 35.8 Å². The summed E-state index contributed by atoms with van der Waals surface area (Å²) in [5, 5.41) is 2.62. The number of nitrogens with zero attached hydrogens (tertiary/aromatic N) is 1. The quantitative estimate of drug-likeness (QED) is 0.719. The number of thioether (sulfide) groups is 2. The predicted molar refractivity (Wildman–Crippen MR) is 108 cm³/mol. The van der Waals surface area contributed by atoms with Crippen molar-refractivity contribution in [2.24, 2.45) is 0 Å². The van der Waals surface area contributed by atoms with E-state index in [0.717, 1.165) is 29.2 Å². The fourth-order valence-corrected chi connectivity index (χ4v) is 5.60. The molecule has 144 valence electrons. The van der Waals surface area contributed by atoms with E-state index in [9.17, 15) is 18.0 Å². The van der Waals surface area contributed by atoms with Crippen LogP contribution in [0.4, 0.5) is 24.5 Å². The molecule has 3 nitrogen and oxygen atoms in total. The Labute approximate surface area is 164 Å². The highest BCUT2D eigenvalue weighted by atomic mass is 32.2. The molecule has 1 aliphatic rings.